The highest BCUT2D eigenvalue weighted by molar-refractivity contribution is 6.00. The Labute approximate surface area is 209 Å². The van der Waals surface area contributed by atoms with Crippen molar-refractivity contribution in [2.24, 2.45) is 5.73 Å². The molecule has 34 heavy (non-hydrogen) atoms. The molecule has 1 aromatic heterocycles. The lowest BCUT2D eigenvalue weighted by Gasteiger charge is -2.36. The van der Waals surface area contributed by atoms with Crippen molar-refractivity contribution in [1.82, 2.24) is 20.0 Å². The topological polar surface area (TPSA) is 139 Å². The van der Waals surface area contributed by atoms with E-state index in [0.29, 0.717) is 35.2 Å². The van der Waals surface area contributed by atoms with E-state index in [1.165, 1.54) is 0 Å². The molecule has 0 radical (unpaired) electrons. The van der Waals surface area contributed by atoms with Crippen LogP contribution in [0.15, 0.2) is 23.0 Å². The summed E-state index contributed by atoms with van der Waals surface area (Å²) in [5.74, 6) is -0.952. The molecule has 3 amide bonds. The first-order valence-electron chi connectivity index (χ1n) is 10.8. The first-order chi connectivity index (χ1) is 15.2. The number of aromatic nitrogens is 2. The Morgan fingerprint density at radius 3 is 2.56 bits per heavy atom. The lowest BCUT2D eigenvalue weighted by molar-refractivity contribution is -0.136. The van der Waals surface area contributed by atoms with Gasteiger partial charge in [-0.1, -0.05) is 12.1 Å². The summed E-state index contributed by atoms with van der Waals surface area (Å²) in [6, 6.07) is 4.46. The number of aryl methyl sites for hydroxylation is 1. The van der Waals surface area contributed by atoms with Crippen LogP contribution in [0.1, 0.15) is 44.3 Å². The number of piperidine rings is 2. The third kappa shape index (κ3) is 5.51. The van der Waals surface area contributed by atoms with Gasteiger partial charge in [0, 0.05) is 36.1 Å². The van der Waals surface area contributed by atoms with Crippen molar-refractivity contribution in [3.63, 3.8) is 0 Å². The highest BCUT2D eigenvalue weighted by Gasteiger charge is 2.31. The standard InChI is InChI=1S/C22H28N6O4.2ClH/c1-13-14-4-3-5-15(24-12-18(30)27-10-8-22(2,23)9-11-27)19(14)21(32)28(26-13)16-6-7-17(29)25-20(16)31;;/h3-5,16,24H,6-12,23H2,1-2H3,(H,25,29,31);2*1H. The minimum absolute atomic E-state index is 0. The highest BCUT2D eigenvalue weighted by atomic mass is 35.5. The van der Waals surface area contributed by atoms with Crippen LogP contribution in [0.5, 0.6) is 0 Å². The van der Waals surface area contributed by atoms with Crippen LogP contribution in [0, 0.1) is 6.92 Å². The maximum Gasteiger partial charge on any atom is 0.277 e. The zero-order valence-corrected chi connectivity index (χ0v) is 20.8. The maximum atomic E-state index is 13.3. The zero-order valence-electron chi connectivity index (χ0n) is 19.1. The number of imide groups is 1. The van der Waals surface area contributed by atoms with E-state index in [2.05, 4.69) is 15.7 Å². The predicted molar refractivity (Wildman–Crippen MR) is 134 cm³/mol. The molecule has 0 saturated carbocycles. The van der Waals surface area contributed by atoms with Crippen LogP contribution in [-0.4, -0.2) is 57.6 Å². The quantitative estimate of drug-likeness (QED) is 0.524. The molecule has 2 saturated heterocycles. The number of benzene rings is 1. The van der Waals surface area contributed by atoms with Gasteiger partial charge in [0.25, 0.3) is 11.5 Å². The van der Waals surface area contributed by atoms with Gasteiger partial charge in [-0.05, 0) is 39.2 Å². The molecule has 2 fully saturated rings. The Kier molecular flexibility index (Phi) is 8.68. The summed E-state index contributed by atoms with van der Waals surface area (Å²) in [7, 11) is 0. The molecule has 0 spiro atoms. The van der Waals surface area contributed by atoms with Crippen LogP contribution < -0.4 is 21.9 Å². The monoisotopic (exact) mass is 512 g/mol. The number of nitrogens with zero attached hydrogens (tertiary/aromatic N) is 3. The van der Waals surface area contributed by atoms with Crippen LogP contribution in [0.3, 0.4) is 0 Å². The molecule has 10 nitrogen and oxygen atoms in total. The van der Waals surface area contributed by atoms with E-state index in [1.54, 1.807) is 30.0 Å². The molecule has 0 aliphatic carbocycles. The van der Waals surface area contributed by atoms with Crippen molar-refractivity contribution >= 4 is 59.0 Å². The molecule has 2 aliphatic heterocycles. The maximum absolute atomic E-state index is 13.3. The number of anilines is 1. The predicted octanol–water partition coefficient (Wildman–Crippen LogP) is 1.28. The summed E-state index contributed by atoms with van der Waals surface area (Å²) in [4.78, 5) is 51.6. The third-order valence-electron chi connectivity index (χ3n) is 6.33. The van der Waals surface area contributed by atoms with Gasteiger partial charge >= 0.3 is 0 Å². The number of hydrogen-bond donors (Lipinski definition) is 3. The number of hydrogen-bond acceptors (Lipinski definition) is 7. The van der Waals surface area contributed by atoms with Gasteiger partial charge in [0.15, 0.2) is 0 Å². The third-order valence-corrected chi connectivity index (χ3v) is 6.33. The summed E-state index contributed by atoms with van der Waals surface area (Å²) in [5.41, 5.74) is 6.55. The van der Waals surface area contributed by atoms with Crippen molar-refractivity contribution in [3.8, 4) is 0 Å². The fourth-order valence-electron chi connectivity index (χ4n) is 4.28. The summed E-state index contributed by atoms with van der Waals surface area (Å²) >= 11 is 0. The van der Waals surface area contributed by atoms with Crippen molar-refractivity contribution in [2.75, 3.05) is 25.0 Å². The molecule has 2 aliphatic rings. The second kappa shape index (κ2) is 10.7. The zero-order chi connectivity index (χ0) is 23.0. The molecule has 186 valence electrons. The van der Waals surface area contributed by atoms with Gasteiger partial charge in [-0.2, -0.15) is 5.10 Å². The second-order valence-corrected chi connectivity index (χ2v) is 8.92. The second-order valence-electron chi connectivity index (χ2n) is 8.92. The normalized spacial score (nSPS) is 19.6. The van der Waals surface area contributed by atoms with Crippen LogP contribution in [0.2, 0.25) is 0 Å². The Balaban J connectivity index is 0.00000204. The minimum atomic E-state index is -0.850. The van der Waals surface area contributed by atoms with Crippen molar-refractivity contribution in [3.05, 3.63) is 34.2 Å². The Bertz CT molecular complexity index is 1160. The molecule has 1 unspecified atom stereocenters. The van der Waals surface area contributed by atoms with Gasteiger partial charge in [0.05, 0.1) is 17.6 Å². The van der Waals surface area contributed by atoms with Gasteiger partial charge in [-0.25, -0.2) is 4.68 Å². The smallest absolute Gasteiger partial charge is 0.277 e. The molecule has 12 heteroatoms. The number of fused-ring (bicyclic) bond motifs is 1. The molecule has 2 aromatic rings. The number of nitrogens with two attached hydrogens (primary N) is 1. The fourth-order valence-corrected chi connectivity index (χ4v) is 4.28. The lowest BCUT2D eigenvalue weighted by atomic mass is 9.91. The van der Waals surface area contributed by atoms with E-state index in [1.807, 2.05) is 6.92 Å². The molecule has 3 heterocycles. The molecule has 4 N–H and O–H groups in total. The number of nitrogens with one attached hydrogen (secondary N) is 2. The molecular formula is C22H30Cl2N6O4. The Hall–Kier alpha value is -2.69. The van der Waals surface area contributed by atoms with Gasteiger partial charge < -0.3 is 16.0 Å². The molecule has 1 atom stereocenters. The van der Waals surface area contributed by atoms with Crippen molar-refractivity contribution in [1.29, 1.82) is 0 Å². The minimum Gasteiger partial charge on any atom is -0.375 e. The van der Waals surface area contributed by atoms with E-state index in [9.17, 15) is 19.2 Å². The average molecular weight is 513 g/mol. The summed E-state index contributed by atoms with van der Waals surface area (Å²) in [5, 5.41) is 10.7. The van der Waals surface area contributed by atoms with Crippen LogP contribution in [-0.2, 0) is 14.4 Å². The SMILES string of the molecule is Cc1nn(C2CCC(=O)NC2=O)c(=O)c2c(NCC(=O)N3CCC(C)(N)CC3)cccc12.Cl.Cl. The summed E-state index contributed by atoms with van der Waals surface area (Å²) in [6.45, 7) is 5.01. The number of carbonyl (C=O) groups excluding carboxylic acids is 3. The number of likely N-dealkylation sites (tertiary alicyclic amines) is 1. The van der Waals surface area contributed by atoms with Gasteiger partial charge in [-0.3, -0.25) is 24.5 Å². The van der Waals surface area contributed by atoms with Gasteiger partial charge in [0.2, 0.25) is 11.8 Å². The Morgan fingerprint density at radius 1 is 1.24 bits per heavy atom. The first-order valence-corrected chi connectivity index (χ1v) is 10.8. The van der Waals surface area contributed by atoms with Gasteiger partial charge in [0.1, 0.15) is 6.04 Å². The van der Waals surface area contributed by atoms with Crippen LogP contribution in [0.25, 0.3) is 10.8 Å². The van der Waals surface area contributed by atoms with Crippen LogP contribution in [0.4, 0.5) is 5.69 Å². The lowest BCUT2D eigenvalue weighted by Crippen LogP contribution is -2.50. The van der Waals surface area contributed by atoms with Gasteiger partial charge in [-0.15, -0.1) is 24.8 Å². The number of carbonyl (C=O) groups is 3. The largest absolute Gasteiger partial charge is 0.375 e. The fraction of sp³-hybridized carbons (Fsp3) is 0.500. The first kappa shape index (κ1) is 27.6. The molecular weight excluding hydrogens is 483 g/mol. The van der Waals surface area contributed by atoms with E-state index >= 15 is 0 Å². The average Bonchev–Trinajstić information content (AvgIpc) is 2.74. The van der Waals surface area contributed by atoms with E-state index in [4.69, 9.17) is 5.73 Å². The van der Waals surface area contributed by atoms with Crippen molar-refractivity contribution in [2.45, 2.75) is 51.1 Å². The highest BCUT2D eigenvalue weighted by Crippen LogP contribution is 2.24. The van der Waals surface area contributed by atoms with E-state index in [-0.39, 0.29) is 61.6 Å². The summed E-state index contributed by atoms with van der Waals surface area (Å²) < 4.78 is 1.15. The van der Waals surface area contributed by atoms with E-state index in [0.717, 1.165) is 17.5 Å². The number of halogens is 2. The van der Waals surface area contributed by atoms with Crippen molar-refractivity contribution < 1.29 is 14.4 Å². The Morgan fingerprint density at radius 2 is 1.91 bits per heavy atom. The molecule has 4 rings (SSSR count). The summed E-state index contributed by atoms with van der Waals surface area (Å²) in [6.07, 6.45) is 1.85. The van der Waals surface area contributed by atoms with Crippen LogP contribution >= 0.6 is 24.8 Å². The number of rotatable bonds is 4. The van der Waals surface area contributed by atoms with E-state index < -0.39 is 17.5 Å². The molecule has 0 bridgehead atoms. The number of amides is 3. The molecule has 1 aromatic carbocycles.